The Hall–Kier alpha value is -2.31. The summed E-state index contributed by atoms with van der Waals surface area (Å²) in [5.74, 6) is -2.03. The summed E-state index contributed by atoms with van der Waals surface area (Å²) >= 11 is 7.14. The number of halogens is 1. The number of amides is 2. The van der Waals surface area contributed by atoms with E-state index in [0.29, 0.717) is 21.2 Å². The zero-order valence-corrected chi connectivity index (χ0v) is 14.8. The predicted octanol–water partition coefficient (Wildman–Crippen LogP) is 2.44. The minimum absolute atomic E-state index is 0.00314. The van der Waals surface area contributed by atoms with Gasteiger partial charge in [0.15, 0.2) is 0 Å². The molecule has 2 amide bonds. The summed E-state index contributed by atoms with van der Waals surface area (Å²) in [6.45, 7) is 1.74. The molecule has 0 aromatic heterocycles. The van der Waals surface area contributed by atoms with Crippen LogP contribution in [0.1, 0.15) is 22.3 Å². The molecule has 1 heterocycles. The second-order valence-electron chi connectivity index (χ2n) is 5.55. The number of imide groups is 1. The molecule has 0 spiro atoms. The molecule has 0 aliphatic carbocycles. The summed E-state index contributed by atoms with van der Waals surface area (Å²) in [6.07, 6.45) is -0.00314. The van der Waals surface area contributed by atoms with E-state index in [-0.39, 0.29) is 23.8 Å². The van der Waals surface area contributed by atoms with Gasteiger partial charge in [0, 0.05) is 21.9 Å². The van der Waals surface area contributed by atoms with E-state index in [2.05, 4.69) is 0 Å². The second kappa shape index (κ2) is 6.90. The van der Waals surface area contributed by atoms with Gasteiger partial charge in [-0.15, -0.1) is 11.8 Å². The Balaban J connectivity index is 1.90. The third-order valence-electron chi connectivity index (χ3n) is 3.96. The molecule has 1 saturated heterocycles. The highest BCUT2D eigenvalue weighted by atomic mass is 35.5. The van der Waals surface area contributed by atoms with Crippen molar-refractivity contribution in [3.8, 4) is 0 Å². The number of hydrogen-bond donors (Lipinski definition) is 0. The van der Waals surface area contributed by atoms with Crippen molar-refractivity contribution in [2.75, 3.05) is 4.90 Å². The maximum atomic E-state index is 12.7. The molecule has 0 N–H and O–H groups in total. The van der Waals surface area contributed by atoms with Crippen molar-refractivity contribution in [3.05, 3.63) is 58.6 Å². The van der Waals surface area contributed by atoms with Crippen molar-refractivity contribution >= 4 is 46.8 Å². The van der Waals surface area contributed by atoms with Crippen LogP contribution >= 0.6 is 23.4 Å². The molecule has 128 valence electrons. The quantitative estimate of drug-likeness (QED) is 0.768. The number of nitrogens with zero attached hydrogens (tertiary/aromatic N) is 1. The molecule has 3 rings (SSSR count). The van der Waals surface area contributed by atoms with Crippen LogP contribution in [0.2, 0.25) is 5.02 Å². The molecular formula is C18H13ClNO4S-. The number of benzene rings is 2. The van der Waals surface area contributed by atoms with Crippen LogP contribution in [0.15, 0.2) is 47.4 Å². The maximum Gasteiger partial charge on any atom is 0.247 e. The number of carbonyl (C=O) groups is 3. The van der Waals surface area contributed by atoms with Crippen molar-refractivity contribution < 1.29 is 19.5 Å². The number of rotatable bonds is 4. The van der Waals surface area contributed by atoms with E-state index < -0.39 is 11.2 Å². The summed E-state index contributed by atoms with van der Waals surface area (Å²) in [7, 11) is 0. The van der Waals surface area contributed by atoms with Crippen LogP contribution in [0.4, 0.5) is 5.69 Å². The van der Waals surface area contributed by atoms with E-state index in [1.165, 1.54) is 6.07 Å². The molecule has 0 radical (unpaired) electrons. The number of aromatic carboxylic acids is 1. The molecule has 25 heavy (non-hydrogen) atoms. The van der Waals surface area contributed by atoms with E-state index in [4.69, 9.17) is 11.6 Å². The van der Waals surface area contributed by atoms with Crippen molar-refractivity contribution in [1.82, 2.24) is 0 Å². The average Bonchev–Trinajstić information content (AvgIpc) is 2.85. The lowest BCUT2D eigenvalue weighted by molar-refractivity contribution is -0.255. The SMILES string of the molecule is Cc1c(Cl)cccc1N1C(=O)CC(Sc2ccccc2C(=O)[O-])C1=O. The molecule has 1 atom stereocenters. The number of carboxylic acid groups (broad SMARTS) is 1. The minimum atomic E-state index is -1.32. The van der Waals surface area contributed by atoms with Crippen LogP contribution in [-0.4, -0.2) is 23.0 Å². The Morgan fingerprint density at radius 2 is 1.92 bits per heavy atom. The molecule has 1 fully saturated rings. The van der Waals surface area contributed by atoms with Gasteiger partial charge in [0.25, 0.3) is 0 Å². The van der Waals surface area contributed by atoms with Crippen molar-refractivity contribution in [3.63, 3.8) is 0 Å². The van der Waals surface area contributed by atoms with Crippen LogP contribution < -0.4 is 10.0 Å². The number of hydrogen-bond acceptors (Lipinski definition) is 5. The van der Waals surface area contributed by atoms with E-state index in [9.17, 15) is 19.5 Å². The van der Waals surface area contributed by atoms with Gasteiger partial charge >= 0.3 is 0 Å². The topological polar surface area (TPSA) is 77.5 Å². The molecule has 7 heteroatoms. The molecular weight excluding hydrogens is 362 g/mol. The molecule has 1 unspecified atom stereocenters. The van der Waals surface area contributed by atoms with Crippen LogP contribution in [0.25, 0.3) is 0 Å². The molecule has 5 nitrogen and oxygen atoms in total. The van der Waals surface area contributed by atoms with Gasteiger partial charge in [-0.05, 0) is 30.7 Å². The Bertz CT molecular complexity index is 883. The second-order valence-corrected chi connectivity index (χ2v) is 7.20. The first kappa shape index (κ1) is 17.5. The first-order valence-corrected chi connectivity index (χ1v) is 8.75. The van der Waals surface area contributed by atoms with Gasteiger partial charge < -0.3 is 9.90 Å². The van der Waals surface area contributed by atoms with Crippen LogP contribution in [0, 0.1) is 6.92 Å². The van der Waals surface area contributed by atoms with Crippen LogP contribution in [0.5, 0.6) is 0 Å². The zero-order valence-electron chi connectivity index (χ0n) is 13.2. The largest absolute Gasteiger partial charge is 0.545 e. The van der Waals surface area contributed by atoms with Gasteiger partial charge in [-0.3, -0.25) is 9.59 Å². The zero-order chi connectivity index (χ0) is 18.1. The van der Waals surface area contributed by atoms with E-state index in [0.717, 1.165) is 16.7 Å². The Morgan fingerprint density at radius 1 is 1.20 bits per heavy atom. The summed E-state index contributed by atoms with van der Waals surface area (Å²) in [6, 6.07) is 11.3. The summed E-state index contributed by atoms with van der Waals surface area (Å²) in [4.78, 5) is 37.9. The lowest BCUT2D eigenvalue weighted by Crippen LogP contribution is -2.31. The minimum Gasteiger partial charge on any atom is -0.545 e. The van der Waals surface area contributed by atoms with Crippen molar-refractivity contribution in [2.45, 2.75) is 23.5 Å². The fraction of sp³-hybridized carbons (Fsp3) is 0.167. The average molecular weight is 375 g/mol. The standard InChI is InChI=1S/C18H14ClNO4S/c1-10-12(19)6-4-7-13(10)20-16(21)9-15(17(20)22)25-14-8-3-2-5-11(14)18(23)24/h2-8,15H,9H2,1H3,(H,23,24)/p-1. The third kappa shape index (κ3) is 3.27. The Kier molecular flexibility index (Phi) is 4.83. The molecule has 1 aliphatic rings. The molecule has 2 aromatic carbocycles. The van der Waals surface area contributed by atoms with Gasteiger partial charge in [-0.2, -0.15) is 0 Å². The highest BCUT2D eigenvalue weighted by Gasteiger charge is 2.41. The van der Waals surface area contributed by atoms with E-state index >= 15 is 0 Å². The molecule has 1 aliphatic heterocycles. The summed E-state index contributed by atoms with van der Waals surface area (Å²) in [5, 5.41) is 11.0. The van der Waals surface area contributed by atoms with Gasteiger partial charge in [-0.1, -0.05) is 35.9 Å². The fourth-order valence-electron chi connectivity index (χ4n) is 2.68. The highest BCUT2D eigenvalue weighted by Crippen LogP contribution is 2.37. The van der Waals surface area contributed by atoms with Crippen LogP contribution in [0.3, 0.4) is 0 Å². The predicted molar refractivity (Wildman–Crippen MR) is 93.7 cm³/mol. The Morgan fingerprint density at radius 3 is 2.64 bits per heavy atom. The molecule has 2 aromatic rings. The van der Waals surface area contributed by atoms with Gasteiger partial charge in [0.05, 0.1) is 16.9 Å². The summed E-state index contributed by atoms with van der Waals surface area (Å²) < 4.78 is 0. The highest BCUT2D eigenvalue weighted by molar-refractivity contribution is 8.00. The fourth-order valence-corrected chi connectivity index (χ4v) is 4.02. The number of carbonyl (C=O) groups excluding carboxylic acids is 3. The van der Waals surface area contributed by atoms with Gasteiger partial charge in [0.1, 0.15) is 0 Å². The number of carboxylic acids is 1. The van der Waals surface area contributed by atoms with Crippen LogP contribution in [-0.2, 0) is 9.59 Å². The van der Waals surface area contributed by atoms with E-state index in [1.807, 2.05) is 0 Å². The number of anilines is 1. The van der Waals surface area contributed by atoms with Crippen molar-refractivity contribution in [1.29, 1.82) is 0 Å². The molecule has 0 saturated carbocycles. The third-order valence-corrected chi connectivity index (χ3v) is 5.63. The van der Waals surface area contributed by atoms with E-state index in [1.54, 1.807) is 43.3 Å². The van der Waals surface area contributed by atoms with Gasteiger partial charge in [-0.25, -0.2) is 4.90 Å². The first-order valence-electron chi connectivity index (χ1n) is 7.49. The monoisotopic (exact) mass is 374 g/mol. The summed E-state index contributed by atoms with van der Waals surface area (Å²) in [5.41, 5.74) is 1.11. The lowest BCUT2D eigenvalue weighted by Gasteiger charge is -2.18. The van der Waals surface area contributed by atoms with Gasteiger partial charge in [0.2, 0.25) is 11.8 Å². The Labute approximate surface area is 153 Å². The maximum absolute atomic E-state index is 12.7. The normalized spacial score (nSPS) is 17.2. The first-order chi connectivity index (χ1) is 11.9. The molecule has 0 bridgehead atoms. The van der Waals surface area contributed by atoms with Crippen molar-refractivity contribution in [2.24, 2.45) is 0 Å². The lowest BCUT2D eigenvalue weighted by atomic mass is 10.2. The smallest absolute Gasteiger partial charge is 0.247 e. The number of thioether (sulfide) groups is 1.